The van der Waals surface area contributed by atoms with Gasteiger partial charge < -0.3 is 42.2 Å². The van der Waals surface area contributed by atoms with Gasteiger partial charge in [0.25, 0.3) is 5.56 Å². The van der Waals surface area contributed by atoms with Crippen molar-refractivity contribution in [2.45, 2.75) is 112 Å². The van der Waals surface area contributed by atoms with E-state index in [0.717, 1.165) is 28.1 Å². The van der Waals surface area contributed by atoms with Crippen LogP contribution in [0.3, 0.4) is 0 Å². The quantitative estimate of drug-likeness (QED) is 0.0239. The number of aliphatic hydroxyl groups is 1. The molecule has 10 atom stereocenters. The Bertz CT molecular complexity index is 2830. The van der Waals surface area contributed by atoms with Crippen molar-refractivity contribution < 1.29 is 60.5 Å². The molecular formula is C42H52FN8O13P2S2Si+. The molecule has 5 aromatic rings. The van der Waals surface area contributed by atoms with E-state index in [-0.39, 0.29) is 42.5 Å². The second kappa shape index (κ2) is 21.4. The van der Waals surface area contributed by atoms with Crippen molar-refractivity contribution in [3.05, 3.63) is 88.4 Å². The molecule has 27 heteroatoms. The van der Waals surface area contributed by atoms with E-state index in [1.165, 1.54) is 32.7 Å². The van der Waals surface area contributed by atoms with Gasteiger partial charge in [-0.05, 0) is 66.2 Å². The number of benzene rings is 1. The fourth-order valence-corrected chi connectivity index (χ4v) is 12.8. The second-order valence-electron chi connectivity index (χ2n) is 17.9. The van der Waals surface area contributed by atoms with Gasteiger partial charge in [-0.25, -0.2) is 35.7 Å². The summed E-state index contributed by atoms with van der Waals surface area (Å²) in [7, 11) is -6.06. The zero-order valence-electron chi connectivity index (χ0n) is 38.2. The van der Waals surface area contributed by atoms with Gasteiger partial charge >= 0.3 is 20.9 Å². The number of hydrogen-bond acceptors (Lipinski definition) is 18. The van der Waals surface area contributed by atoms with E-state index in [2.05, 4.69) is 24.8 Å². The molecule has 0 spiro atoms. The molecule has 8 rings (SSSR count). The topological polar surface area (TPSA) is 236 Å². The fraction of sp³-hybridized carbons (Fsp3) is 0.548. The van der Waals surface area contributed by atoms with Crippen LogP contribution in [0, 0.1) is 6.57 Å². The number of carbonyl (C=O) groups excluding carboxylic acids is 1. The normalized spacial score (nSPS) is 25.1. The molecule has 2 fully saturated rings. The summed E-state index contributed by atoms with van der Waals surface area (Å²) in [5.74, 6) is 0.297. The number of thioether (sulfide) groups is 1. The molecule has 2 N–H and O–H groups in total. The van der Waals surface area contributed by atoms with Crippen molar-refractivity contribution in [2.24, 2.45) is 0 Å². The van der Waals surface area contributed by atoms with E-state index in [0.29, 0.717) is 17.6 Å². The van der Waals surface area contributed by atoms with Crippen LogP contribution in [0.1, 0.15) is 55.6 Å². The average molecular weight is 1050 g/mol. The van der Waals surface area contributed by atoms with Crippen LogP contribution in [0.15, 0.2) is 65.3 Å². The average Bonchev–Trinajstić information content (AvgIpc) is 4.03. The maximum atomic E-state index is 16.7. The standard InChI is InChI=1S/C42H51FN8O13P2S2Si/c1-42(2,3)69(5,6)64-33-27(20-52)60-40(51-24-47-31-36(51)48-23-49(38(31)53)15-17-57-41(54)25-11-8-7-9-12-25)34(33)63-66(67,58-16-14-44-4)59-21-28-32(62-65(55)56)30(43)39(61-28)50-19-26-13-10-18-68-37-29(26)35(50)45-22-46-37/h7-9,11-12,19,22-24,27-28,30,32-34,39-40,52H,10,13-18,20-21H2,1-3,5-6H3/p+1/t27-,28-,30-,32?,33-,34-,39-,40-,66?/m1/s1. The Hall–Kier alpha value is -3.96. The van der Waals surface area contributed by atoms with Crippen LogP contribution in [0.5, 0.6) is 0 Å². The van der Waals surface area contributed by atoms with Crippen molar-refractivity contribution in [3.63, 3.8) is 0 Å². The molecule has 2 saturated heterocycles. The molecule has 3 aliphatic heterocycles. The highest BCUT2D eigenvalue weighted by Crippen LogP contribution is 2.56. The van der Waals surface area contributed by atoms with Crippen molar-refractivity contribution >= 4 is 75.0 Å². The van der Waals surface area contributed by atoms with Crippen molar-refractivity contribution in [1.82, 2.24) is 33.6 Å². The Morgan fingerprint density at radius 3 is 2.54 bits per heavy atom. The van der Waals surface area contributed by atoms with Crippen LogP contribution >= 0.6 is 26.7 Å². The highest BCUT2D eigenvalue weighted by Gasteiger charge is 2.55. The number of fused-ring (bicyclic) bond motifs is 1. The van der Waals surface area contributed by atoms with Crippen LogP contribution in [-0.4, -0.2) is 133 Å². The molecule has 4 aromatic heterocycles. The Kier molecular flexibility index (Phi) is 15.9. The van der Waals surface area contributed by atoms with E-state index in [4.69, 9.17) is 55.1 Å². The molecule has 370 valence electrons. The third-order valence-corrected chi connectivity index (χ3v) is 20.8. The van der Waals surface area contributed by atoms with Crippen LogP contribution < -0.4 is 5.56 Å². The second-order valence-corrected chi connectivity index (χ2v) is 27.4. The van der Waals surface area contributed by atoms with Gasteiger partial charge in [0.1, 0.15) is 61.0 Å². The third-order valence-electron chi connectivity index (χ3n) is 12.4. The number of ether oxygens (including phenoxy) is 3. The van der Waals surface area contributed by atoms with Gasteiger partial charge in [-0.1, -0.05) is 39.0 Å². The molecule has 21 nitrogen and oxygen atoms in total. The van der Waals surface area contributed by atoms with Crippen molar-refractivity contribution in [3.8, 4) is 0 Å². The molecule has 0 amide bonds. The maximum absolute atomic E-state index is 16.7. The first kappa shape index (κ1) is 51.4. The fourth-order valence-electron chi connectivity index (χ4n) is 7.98. The first-order valence-corrected chi connectivity index (χ1v) is 29.6. The number of nitrogens with zero attached hydrogens (tertiary/aromatic N) is 8. The number of carbonyl (C=O) groups is 1. The van der Waals surface area contributed by atoms with Crippen molar-refractivity contribution in [1.29, 1.82) is 0 Å². The summed E-state index contributed by atoms with van der Waals surface area (Å²) in [6, 6.07) is 8.42. The zero-order valence-corrected chi connectivity index (χ0v) is 42.7. The van der Waals surface area contributed by atoms with Crippen LogP contribution in [-0.2, 0) is 66.1 Å². The molecule has 0 bridgehead atoms. The molecule has 0 saturated carbocycles. The summed E-state index contributed by atoms with van der Waals surface area (Å²) < 4.78 is 82.5. The minimum atomic E-state index is -4.13. The first-order valence-electron chi connectivity index (χ1n) is 22.0. The molecule has 69 heavy (non-hydrogen) atoms. The Morgan fingerprint density at radius 2 is 1.81 bits per heavy atom. The van der Waals surface area contributed by atoms with Gasteiger partial charge in [0.05, 0.1) is 37.0 Å². The monoisotopic (exact) mass is 1050 g/mol. The number of halogens is 1. The smallest absolute Gasteiger partial charge is 0.460 e. The summed E-state index contributed by atoms with van der Waals surface area (Å²) in [5, 5.41) is 12.0. The molecule has 0 aliphatic carbocycles. The molecule has 0 radical (unpaired) electrons. The minimum Gasteiger partial charge on any atom is -0.460 e. The van der Waals surface area contributed by atoms with Gasteiger partial charge in [-0.2, -0.15) is 0 Å². The minimum absolute atomic E-state index is 0.0249. The maximum Gasteiger partial charge on any atom is 0.695 e. The summed E-state index contributed by atoms with van der Waals surface area (Å²) in [5.41, 5.74) is 1.15. The summed E-state index contributed by atoms with van der Waals surface area (Å²) >= 11 is 7.63. The van der Waals surface area contributed by atoms with Crippen molar-refractivity contribution in [2.75, 3.05) is 38.7 Å². The summed E-state index contributed by atoms with van der Waals surface area (Å²) in [4.78, 5) is 57.5. The molecule has 3 aliphatic rings. The SMILES string of the molecule is [C-]#[N+]CCOP(=S)(OC[C@H]1O[C@@H](n2cc3c4c(ncnc42)SCCC3)[C@H](F)C1O[P+](=O)O)O[C@@H]1[C@H](O[Si](C)(C)C(C)(C)C)[C@@H](CO)O[C@H]1n1cnc2c(=O)n(CCOC(=O)c3ccccc3)cnc21. The Labute approximate surface area is 407 Å². The largest absolute Gasteiger partial charge is 0.695 e. The Balaban J connectivity index is 1.10. The lowest BCUT2D eigenvalue weighted by Crippen LogP contribution is -2.50. The van der Waals surface area contributed by atoms with Gasteiger partial charge in [-0.3, -0.25) is 18.5 Å². The van der Waals surface area contributed by atoms with E-state index in [1.54, 1.807) is 48.3 Å². The molecule has 1 aromatic carbocycles. The highest BCUT2D eigenvalue weighted by atomic mass is 32.5. The Morgan fingerprint density at radius 1 is 1.04 bits per heavy atom. The van der Waals surface area contributed by atoms with E-state index >= 15 is 4.39 Å². The number of alkyl halides is 1. The number of aryl methyl sites for hydroxylation is 1. The number of esters is 1. The number of rotatable bonds is 19. The third kappa shape index (κ3) is 10.9. The lowest BCUT2D eigenvalue weighted by molar-refractivity contribution is -0.0559. The van der Waals surface area contributed by atoms with Gasteiger partial charge in [-0.15, -0.1) is 21.2 Å². The first-order chi connectivity index (χ1) is 32.9. The summed E-state index contributed by atoms with van der Waals surface area (Å²) in [6.45, 7) is 11.7. The van der Waals surface area contributed by atoms with E-state index in [9.17, 15) is 24.2 Å². The molecule has 7 heterocycles. The van der Waals surface area contributed by atoms with Gasteiger partial charge in [0.2, 0.25) is 6.54 Å². The predicted octanol–water partition coefficient (Wildman–Crippen LogP) is 6.05. The number of aromatic nitrogens is 7. The van der Waals surface area contributed by atoms with Gasteiger partial charge in [0.15, 0.2) is 44.2 Å². The number of aliphatic hydroxyl groups excluding tert-OH is 1. The molecule has 3 unspecified atom stereocenters. The van der Waals surface area contributed by atoms with Crippen LogP contribution in [0.25, 0.3) is 27.0 Å². The highest BCUT2D eigenvalue weighted by molar-refractivity contribution is 8.07. The lowest BCUT2D eigenvalue weighted by Gasteiger charge is -2.41. The number of imidazole rings is 1. The van der Waals surface area contributed by atoms with Crippen LogP contribution in [0.4, 0.5) is 4.39 Å². The summed E-state index contributed by atoms with van der Waals surface area (Å²) in [6.07, 6.45) is -3.67. The van der Waals surface area contributed by atoms with E-state index < -0.39 is 97.2 Å². The lowest BCUT2D eigenvalue weighted by atomic mass is 10.1. The number of hydrogen-bond donors (Lipinski definition) is 2. The molecular weight excluding hydrogens is 998 g/mol. The van der Waals surface area contributed by atoms with Gasteiger partial charge in [0, 0.05) is 10.8 Å². The van der Waals surface area contributed by atoms with Crippen LogP contribution in [0.2, 0.25) is 18.1 Å². The van der Waals surface area contributed by atoms with E-state index in [1.807, 2.05) is 33.9 Å². The predicted molar refractivity (Wildman–Crippen MR) is 254 cm³/mol. The zero-order chi connectivity index (χ0) is 49.3.